The zero-order valence-electron chi connectivity index (χ0n) is 16.2. The van der Waals surface area contributed by atoms with Crippen LogP contribution in [0.25, 0.3) is 0 Å². The minimum atomic E-state index is -0.405. The van der Waals surface area contributed by atoms with Crippen molar-refractivity contribution in [2.24, 2.45) is 5.92 Å². The van der Waals surface area contributed by atoms with Crippen LogP contribution in [0.2, 0.25) is 0 Å². The third-order valence-electron chi connectivity index (χ3n) is 4.88. The highest BCUT2D eigenvalue weighted by Crippen LogP contribution is 2.23. The molecule has 6 nitrogen and oxygen atoms in total. The summed E-state index contributed by atoms with van der Waals surface area (Å²) in [5, 5.41) is 2.96. The van der Waals surface area contributed by atoms with E-state index in [9.17, 15) is 14.4 Å². The standard InChI is InChI=1S/C21H29NO5/c1-15-6-3-4-7-19(15)22-20(24)14-27-21(25)8-5-13-26-18-11-9-17(10-12-18)16(2)23/h9-12,15,19H,3-8,13-14H2,1-2H3,(H,22,24). The van der Waals surface area contributed by atoms with Crippen LogP contribution < -0.4 is 10.1 Å². The van der Waals surface area contributed by atoms with Crippen molar-refractivity contribution in [3.8, 4) is 5.75 Å². The second kappa shape index (κ2) is 10.7. The molecule has 1 aliphatic carbocycles. The number of esters is 1. The molecule has 0 aliphatic heterocycles. The Bertz CT molecular complexity index is 640. The predicted octanol–water partition coefficient (Wildman–Crippen LogP) is 3.29. The monoisotopic (exact) mass is 375 g/mol. The Kier molecular flexibility index (Phi) is 8.30. The molecular weight excluding hydrogens is 346 g/mol. The fraction of sp³-hybridized carbons (Fsp3) is 0.571. The number of nitrogens with one attached hydrogen (secondary N) is 1. The Morgan fingerprint density at radius 3 is 2.48 bits per heavy atom. The summed E-state index contributed by atoms with van der Waals surface area (Å²) in [6.07, 6.45) is 5.15. The highest BCUT2D eigenvalue weighted by Gasteiger charge is 2.23. The summed E-state index contributed by atoms with van der Waals surface area (Å²) in [4.78, 5) is 34.9. The van der Waals surface area contributed by atoms with Crippen LogP contribution in [0.1, 0.15) is 62.7 Å². The van der Waals surface area contributed by atoms with Gasteiger partial charge in [-0.15, -0.1) is 0 Å². The third kappa shape index (κ3) is 7.41. The van der Waals surface area contributed by atoms with Crippen LogP contribution in [0.4, 0.5) is 0 Å². The van der Waals surface area contributed by atoms with Gasteiger partial charge >= 0.3 is 5.97 Å². The molecule has 0 spiro atoms. The van der Waals surface area contributed by atoms with Gasteiger partial charge in [0.1, 0.15) is 5.75 Å². The van der Waals surface area contributed by atoms with Crippen LogP contribution in [0.3, 0.4) is 0 Å². The topological polar surface area (TPSA) is 81.7 Å². The van der Waals surface area contributed by atoms with Crippen LogP contribution in [0.5, 0.6) is 5.75 Å². The maximum atomic E-state index is 11.9. The van der Waals surface area contributed by atoms with Crippen molar-refractivity contribution in [1.29, 1.82) is 0 Å². The number of benzene rings is 1. The van der Waals surface area contributed by atoms with E-state index in [4.69, 9.17) is 9.47 Å². The van der Waals surface area contributed by atoms with Gasteiger partial charge in [-0.05, 0) is 56.4 Å². The molecule has 1 N–H and O–H groups in total. The smallest absolute Gasteiger partial charge is 0.306 e. The lowest BCUT2D eigenvalue weighted by Gasteiger charge is -2.29. The number of ketones is 1. The Hall–Kier alpha value is -2.37. The largest absolute Gasteiger partial charge is 0.494 e. The normalized spacial score (nSPS) is 19.2. The fourth-order valence-corrected chi connectivity index (χ4v) is 3.19. The van der Waals surface area contributed by atoms with Gasteiger partial charge in [0.05, 0.1) is 6.61 Å². The number of Topliss-reactive ketones (excluding diaryl/α,β-unsaturated/α-hetero) is 1. The van der Waals surface area contributed by atoms with E-state index in [0.29, 0.717) is 30.3 Å². The molecule has 0 saturated heterocycles. The van der Waals surface area contributed by atoms with Gasteiger partial charge in [-0.3, -0.25) is 14.4 Å². The van der Waals surface area contributed by atoms with Crippen molar-refractivity contribution in [2.45, 2.75) is 58.4 Å². The molecule has 2 rings (SSSR count). The average Bonchev–Trinajstić information content (AvgIpc) is 2.66. The Morgan fingerprint density at radius 2 is 1.81 bits per heavy atom. The molecule has 2 unspecified atom stereocenters. The first-order chi connectivity index (χ1) is 13.0. The van der Waals surface area contributed by atoms with Gasteiger partial charge in [0.2, 0.25) is 0 Å². The number of carbonyl (C=O) groups is 3. The maximum Gasteiger partial charge on any atom is 0.306 e. The molecule has 1 saturated carbocycles. The van der Waals surface area contributed by atoms with Gasteiger partial charge in [0.15, 0.2) is 12.4 Å². The summed E-state index contributed by atoms with van der Waals surface area (Å²) >= 11 is 0. The van der Waals surface area contributed by atoms with E-state index in [0.717, 1.165) is 19.3 Å². The first kappa shape index (κ1) is 20.9. The summed E-state index contributed by atoms with van der Waals surface area (Å²) < 4.78 is 10.6. The van der Waals surface area contributed by atoms with E-state index < -0.39 is 5.97 Å². The first-order valence-electron chi connectivity index (χ1n) is 9.64. The van der Waals surface area contributed by atoms with Crippen molar-refractivity contribution >= 4 is 17.7 Å². The van der Waals surface area contributed by atoms with Crippen LogP contribution in [-0.2, 0) is 14.3 Å². The van der Waals surface area contributed by atoms with E-state index >= 15 is 0 Å². The zero-order valence-corrected chi connectivity index (χ0v) is 16.2. The second-order valence-electron chi connectivity index (χ2n) is 7.13. The summed E-state index contributed by atoms with van der Waals surface area (Å²) in [7, 11) is 0. The van der Waals surface area contributed by atoms with Crippen molar-refractivity contribution in [3.63, 3.8) is 0 Å². The van der Waals surface area contributed by atoms with Gasteiger partial charge in [-0.2, -0.15) is 0 Å². The molecule has 2 atom stereocenters. The highest BCUT2D eigenvalue weighted by atomic mass is 16.5. The molecular formula is C21H29NO5. The molecule has 1 aliphatic rings. The lowest BCUT2D eigenvalue weighted by molar-refractivity contribution is -0.149. The van der Waals surface area contributed by atoms with Crippen LogP contribution in [-0.4, -0.2) is 36.9 Å². The summed E-state index contributed by atoms with van der Waals surface area (Å²) in [6.45, 7) is 3.79. The number of ether oxygens (including phenoxy) is 2. The van der Waals surface area contributed by atoms with Gasteiger partial charge in [-0.1, -0.05) is 19.8 Å². The zero-order chi connectivity index (χ0) is 19.6. The minimum absolute atomic E-state index is 0.00581. The molecule has 1 aromatic carbocycles. The number of rotatable bonds is 9. The van der Waals surface area contributed by atoms with Crippen LogP contribution in [0.15, 0.2) is 24.3 Å². The molecule has 148 valence electrons. The Labute approximate surface area is 160 Å². The van der Waals surface area contributed by atoms with Gasteiger partial charge in [-0.25, -0.2) is 0 Å². The molecule has 1 aromatic rings. The predicted molar refractivity (Wildman–Crippen MR) is 102 cm³/mol. The molecule has 0 radical (unpaired) electrons. The van der Waals surface area contributed by atoms with E-state index in [1.54, 1.807) is 24.3 Å². The Morgan fingerprint density at radius 1 is 1.11 bits per heavy atom. The van der Waals surface area contributed by atoms with Gasteiger partial charge < -0.3 is 14.8 Å². The summed E-state index contributed by atoms with van der Waals surface area (Å²) in [5.41, 5.74) is 0.631. The number of amides is 1. The van der Waals surface area contributed by atoms with E-state index in [2.05, 4.69) is 12.2 Å². The number of carbonyl (C=O) groups excluding carboxylic acids is 3. The molecule has 27 heavy (non-hydrogen) atoms. The van der Waals surface area contributed by atoms with Crippen molar-refractivity contribution in [1.82, 2.24) is 5.32 Å². The number of hydrogen-bond donors (Lipinski definition) is 1. The van der Waals surface area contributed by atoms with Crippen LogP contribution >= 0.6 is 0 Å². The molecule has 0 aromatic heterocycles. The SMILES string of the molecule is CC(=O)c1ccc(OCCCC(=O)OCC(=O)NC2CCCCC2C)cc1. The maximum absolute atomic E-state index is 11.9. The molecule has 1 fully saturated rings. The third-order valence-corrected chi connectivity index (χ3v) is 4.88. The summed E-state index contributed by atoms with van der Waals surface area (Å²) in [6, 6.07) is 7.06. The molecule has 1 amide bonds. The van der Waals surface area contributed by atoms with Crippen molar-refractivity contribution < 1.29 is 23.9 Å². The fourth-order valence-electron chi connectivity index (χ4n) is 3.19. The summed E-state index contributed by atoms with van der Waals surface area (Å²) in [5.74, 6) is 0.488. The van der Waals surface area contributed by atoms with E-state index in [-0.39, 0.29) is 30.8 Å². The molecule has 6 heteroatoms. The lowest BCUT2D eigenvalue weighted by Crippen LogP contribution is -2.42. The van der Waals surface area contributed by atoms with Crippen molar-refractivity contribution in [3.05, 3.63) is 29.8 Å². The van der Waals surface area contributed by atoms with E-state index in [1.165, 1.54) is 13.3 Å². The van der Waals surface area contributed by atoms with Crippen molar-refractivity contribution in [2.75, 3.05) is 13.2 Å². The lowest BCUT2D eigenvalue weighted by atomic mass is 9.86. The Balaban J connectivity index is 1.57. The molecule has 0 bridgehead atoms. The second-order valence-corrected chi connectivity index (χ2v) is 7.13. The van der Waals surface area contributed by atoms with E-state index in [1.807, 2.05) is 0 Å². The highest BCUT2D eigenvalue weighted by molar-refractivity contribution is 5.94. The minimum Gasteiger partial charge on any atom is -0.494 e. The molecule has 0 heterocycles. The number of hydrogen-bond acceptors (Lipinski definition) is 5. The van der Waals surface area contributed by atoms with Crippen LogP contribution in [0, 0.1) is 5.92 Å². The average molecular weight is 375 g/mol. The first-order valence-corrected chi connectivity index (χ1v) is 9.64. The van der Waals surface area contributed by atoms with Gasteiger partial charge in [0, 0.05) is 18.0 Å². The quantitative estimate of drug-likeness (QED) is 0.407. The van der Waals surface area contributed by atoms with Gasteiger partial charge in [0.25, 0.3) is 5.91 Å².